The van der Waals surface area contributed by atoms with Crippen LogP contribution in [-0.4, -0.2) is 3.21 Å². The molecule has 0 aromatic rings. The van der Waals surface area contributed by atoms with Gasteiger partial charge >= 0.3 is 59.5 Å². The zero-order valence-corrected chi connectivity index (χ0v) is 19.9. The van der Waals surface area contributed by atoms with E-state index in [-0.39, 0.29) is 24.8 Å². The van der Waals surface area contributed by atoms with Gasteiger partial charge in [-0.05, 0) is 6.42 Å². The zero-order valence-electron chi connectivity index (χ0n) is 15.9. The molecule has 0 saturated heterocycles. The molecule has 0 aromatic carbocycles. The molecule has 25 heavy (non-hydrogen) atoms. The van der Waals surface area contributed by atoms with E-state index in [0.29, 0.717) is 5.92 Å². The maximum atomic E-state index is 3.72. The predicted octanol–water partition coefficient (Wildman–Crippen LogP) is 0.436. The third kappa shape index (κ3) is 7.08. The van der Waals surface area contributed by atoms with Gasteiger partial charge < -0.3 is 24.8 Å². The van der Waals surface area contributed by atoms with Crippen molar-refractivity contribution in [3.8, 4) is 0 Å². The molecule has 0 N–H and O–H groups in total. The third-order valence-electron chi connectivity index (χ3n) is 5.12. The summed E-state index contributed by atoms with van der Waals surface area (Å²) >= 11 is 1.69. The molecular formula is C22H31Cl2Zr-. The van der Waals surface area contributed by atoms with Crippen molar-refractivity contribution in [1.82, 2.24) is 0 Å². The van der Waals surface area contributed by atoms with Crippen LogP contribution in [0, 0.1) is 12.0 Å². The van der Waals surface area contributed by atoms with Gasteiger partial charge in [0.25, 0.3) is 0 Å². The minimum absolute atomic E-state index is 0. The van der Waals surface area contributed by atoms with E-state index in [1.165, 1.54) is 56.1 Å². The molecular weight excluding hydrogens is 426 g/mol. The molecule has 3 aliphatic rings. The first-order valence-electron chi connectivity index (χ1n) is 9.49. The molecule has 0 aliphatic heterocycles. The predicted molar refractivity (Wildman–Crippen MR) is 98.1 cm³/mol. The molecule has 0 bridgehead atoms. The average molecular weight is 458 g/mol. The van der Waals surface area contributed by atoms with Crippen molar-refractivity contribution in [3.63, 3.8) is 0 Å². The number of rotatable bonds is 4. The second kappa shape index (κ2) is 13.5. The normalized spacial score (nSPS) is 21.8. The van der Waals surface area contributed by atoms with E-state index in [0.717, 1.165) is 12.8 Å². The van der Waals surface area contributed by atoms with Crippen LogP contribution < -0.4 is 24.8 Å². The minimum atomic E-state index is 0. The average Bonchev–Trinajstić information content (AvgIpc) is 3.22. The van der Waals surface area contributed by atoms with E-state index in [4.69, 9.17) is 0 Å². The molecule has 0 aromatic heterocycles. The summed E-state index contributed by atoms with van der Waals surface area (Å²) in [5, 5.41) is 0. The molecule has 0 radical (unpaired) electrons. The Bertz CT molecular complexity index is 544. The Kier molecular flexibility index (Phi) is 13.6. The van der Waals surface area contributed by atoms with Gasteiger partial charge in [-0.15, -0.1) is 17.2 Å². The van der Waals surface area contributed by atoms with E-state index < -0.39 is 0 Å². The summed E-state index contributed by atoms with van der Waals surface area (Å²) in [4.78, 5) is 0. The van der Waals surface area contributed by atoms with Crippen molar-refractivity contribution in [2.24, 2.45) is 5.92 Å². The Labute approximate surface area is 182 Å². The molecule has 138 valence electrons. The number of hydrogen-bond acceptors (Lipinski definition) is 0. The van der Waals surface area contributed by atoms with Crippen molar-refractivity contribution in [2.45, 2.75) is 78.6 Å². The van der Waals surface area contributed by atoms with Crippen molar-refractivity contribution in [3.05, 3.63) is 46.6 Å². The van der Waals surface area contributed by atoms with Crippen molar-refractivity contribution >= 4 is 3.21 Å². The van der Waals surface area contributed by atoms with Crippen LogP contribution in [0.25, 0.3) is 0 Å². The molecule has 3 rings (SSSR count). The summed E-state index contributed by atoms with van der Waals surface area (Å²) in [5.74, 6) is 0.580. The molecule has 3 heteroatoms. The van der Waals surface area contributed by atoms with Gasteiger partial charge in [0.05, 0.1) is 0 Å². The van der Waals surface area contributed by atoms with Gasteiger partial charge in [0, 0.05) is 0 Å². The van der Waals surface area contributed by atoms with Crippen LogP contribution in [0.15, 0.2) is 40.5 Å². The van der Waals surface area contributed by atoms with Crippen LogP contribution in [0.1, 0.15) is 78.6 Å². The molecule has 0 amide bonds. The first-order chi connectivity index (χ1) is 11.2. The fraction of sp³-hybridized carbons (Fsp3) is 0.591. The van der Waals surface area contributed by atoms with Crippen LogP contribution in [0.5, 0.6) is 0 Å². The van der Waals surface area contributed by atoms with Gasteiger partial charge in [-0.25, -0.2) is 0 Å². The van der Waals surface area contributed by atoms with E-state index in [9.17, 15) is 0 Å². The van der Waals surface area contributed by atoms with Gasteiger partial charge in [0.1, 0.15) is 0 Å². The summed E-state index contributed by atoms with van der Waals surface area (Å²) in [6.07, 6.45) is 22.3. The van der Waals surface area contributed by atoms with E-state index in [1.807, 2.05) is 0 Å². The third-order valence-corrected chi connectivity index (χ3v) is 6.35. The summed E-state index contributed by atoms with van der Waals surface area (Å²) in [6.45, 7) is 6.82. The van der Waals surface area contributed by atoms with E-state index >= 15 is 0 Å². The quantitative estimate of drug-likeness (QED) is 0.538. The zero-order chi connectivity index (χ0) is 16.7. The topological polar surface area (TPSA) is 0 Å². The SMILES string of the molecule is CCC1=C(CC)C(CC)[C-]=C1C1=CC=CC1.[Cl-].[Cl-].[Zr+2]=[C]1CCCCC1. The first-order valence-corrected chi connectivity index (χ1v) is 10.7. The Morgan fingerprint density at radius 3 is 2.12 bits per heavy atom. The summed E-state index contributed by atoms with van der Waals surface area (Å²) < 4.78 is 1.80. The molecule has 1 atom stereocenters. The fourth-order valence-electron chi connectivity index (χ4n) is 3.83. The number of hydrogen-bond donors (Lipinski definition) is 0. The van der Waals surface area contributed by atoms with Crippen LogP contribution in [0.2, 0.25) is 0 Å². The standard InChI is InChI=1S/C16H21.C6H10.2ClH.Zr/c1-4-12-11-16(13-9-7-8-10-13)15(6-3)14(12)5-2;1-2-4-6-5-3-1;;;/h7-9,12H,4-6,10H2,1-3H3;1-5H2;2*1H;/q-1;;;;+2/p-2. The van der Waals surface area contributed by atoms with Gasteiger partial charge in [-0.1, -0.05) is 58.1 Å². The second-order valence-electron chi connectivity index (χ2n) is 6.68. The fourth-order valence-corrected chi connectivity index (χ4v) is 4.70. The second-order valence-corrected chi connectivity index (χ2v) is 8.42. The number of allylic oxidation sites excluding steroid dienone is 8. The first kappa shape index (κ1) is 25.3. The Balaban J connectivity index is 0.000000547. The van der Waals surface area contributed by atoms with Gasteiger partial charge in [-0.2, -0.15) is 17.2 Å². The molecule has 1 fully saturated rings. The van der Waals surface area contributed by atoms with Crippen molar-refractivity contribution in [2.75, 3.05) is 0 Å². The van der Waals surface area contributed by atoms with Crippen molar-refractivity contribution < 1.29 is 49.0 Å². The Hall–Kier alpha value is 0.293. The molecule has 0 nitrogen and oxygen atoms in total. The van der Waals surface area contributed by atoms with E-state index in [1.54, 1.807) is 38.6 Å². The van der Waals surface area contributed by atoms with Crippen LogP contribution in [0.4, 0.5) is 0 Å². The molecule has 0 spiro atoms. The summed E-state index contributed by atoms with van der Waals surface area (Å²) in [7, 11) is 0. The van der Waals surface area contributed by atoms with Gasteiger partial charge in [-0.3, -0.25) is 0 Å². The van der Waals surface area contributed by atoms with E-state index in [2.05, 4.69) is 45.1 Å². The Morgan fingerprint density at radius 1 is 1.04 bits per heavy atom. The summed E-state index contributed by atoms with van der Waals surface area (Å²) in [6, 6.07) is 0. The molecule has 0 heterocycles. The van der Waals surface area contributed by atoms with Gasteiger partial charge in [0.15, 0.2) is 0 Å². The Morgan fingerprint density at radius 2 is 1.72 bits per heavy atom. The number of halogens is 2. The van der Waals surface area contributed by atoms with Crippen molar-refractivity contribution in [1.29, 1.82) is 0 Å². The maximum absolute atomic E-state index is 3.72. The monoisotopic (exact) mass is 455 g/mol. The molecule has 1 unspecified atom stereocenters. The molecule has 3 aliphatic carbocycles. The van der Waals surface area contributed by atoms with Gasteiger partial charge in [0.2, 0.25) is 0 Å². The van der Waals surface area contributed by atoms with Crippen LogP contribution in [0.3, 0.4) is 0 Å². The summed E-state index contributed by atoms with van der Waals surface area (Å²) in [5.41, 5.74) is 6.10. The molecule has 1 saturated carbocycles. The van der Waals surface area contributed by atoms with Crippen LogP contribution in [-0.2, 0) is 24.2 Å². The van der Waals surface area contributed by atoms with Crippen LogP contribution >= 0.6 is 0 Å².